The smallest absolute Gasteiger partial charge is 0.407 e. The van der Waals surface area contributed by atoms with Gasteiger partial charge in [-0.1, -0.05) is 13.8 Å². The van der Waals surface area contributed by atoms with Gasteiger partial charge in [0.25, 0.3) is 0 Å². The van der Waals surface area contributed by atoms with Crippen molar-refractivity contribution in [1.29, 1.82) is 0 Å². The van der Waals surface area contributed by atoms with E-state index < -0.39 is 11.5 Å². The predicted octanol–water partition coefficient (Wildman–Crippen LogP) is 3.27. The van der Waals surface area contributed by atoms with Crippen LogP contribution in [0, 0.1) is 5.41 Å². The Morgan fingerprint density at radius 2 is 1.84 bits per heavy atom. The molecule has 0 spiro atoms. The molecule has 0 aromatic heterocycles. The van der Waals surface area contributed by atoms with Crippen LogP contribution in [0.15, 0.2) is 0 Å². The lowest BCUT2D eigenvalue weighted by Gasteiger charge is -2.29. The van der Waals surface area contributed by atoms with Crippen LogP contribution in [-0.2, 0) is 9.53 Å². The zero-order valence-electron chi connectivity index (χ0n) is 11.8. The van der Waals surface area contributed by atoms with Crippen molar-refractivity contribution in [3.8, 4) is 0 Å². The summed E-state index contributed by atoms with van der Waals surface area (Å²) in [5, 5.41) is 2.73. The molecule has 0 aromatic carbocycles. The first-order chi connectivity index (χ1) is 9.07. The van der Waals surface area contributed by atoms with E-state index in [2.05, 4.69) is 5.32 Å². The minimum atomic E-state index is -0.559. The van der Waals surface area contributed by atoms with Gasteiger partial charge in [0.1, 0.15) is 6.10 Å². The lowest BCUT2D eigenvalue weighted by Crippen LogP contribution is -2.43. The number of amides is 1. The van der Waals surface area contributed by atoms with Crippen molar-refractivity contribution in [2.75, 3.05) is 12.4 Å². The van der Waals surface area contributed by atoms with E-state index in [1.807, 2.05) is 13.8 Å². The molecule has 0 aliphatic heterocycles. The maximum absolute atomic E-state index is 11.9. The maximum Gasteiger partial charge on any atom is 0.407 e. The predicted molar refractivity (Wildman–Crippen MR) is 75.5 cm³/mol. The first-order valence-electron chi connectivity index (χ1n) is 7.11. The third-order valence-electron chi connectivity index (χ3n) is 4.21. The normalized spacial score (nSPS) is 16.4. The first kappa shape index (κ1) is 16.3. The monoisotopic (exact) mass is 289 g/mol. The van der Waals surface area contributed by atoms with Crippen molar-refractivity contribution >= 4 is 23.5 Å². The van der Waals surface area contributed by atoms with Crippen LogP contribution < -0.4 is 5.32 Å². The van der Waals surface area contributed by atoms with E-state index in [4.69, 9.17) is 16.3 Å². The molecule has 1 fully saturated rings. The molecule has 0 radical (unpaired) electrons. The number of Topliss-reactive ketones (excluding diaryl/α,β-unsaturated/α-hetero) is 1. The minimum absolute atomic E-state index is 0.0129. The highest BCUT2D eigenvalue weighted by atomic mass is 35.5. The molecule has 1 aliphatic rings. The van der Waals surface area contributed by atoms with E-state index in [0.29, 0.717) is 19.4 Å². The summed E-state index contributed by atoms with van der Waals surface area (Å²) < 4.78 is 5.31. The summed E-state index contributed by atoms with van der Waals surface area (Å²) in [6.45, 7) is 4.19. The van der Waals surface area contributed by atoms with Crippen molar-refractivity contribution in [2.24, 2.45) is 5.41 Å². The number of carbonyl (C=O) groups is 2. The molecule has 0 aromatic rings. The Morgan fingerprint density at radius 1 is 1.26 bits per heavy atom. The molecule has 1 aliphatic carbocycles. The van der Waals surface area contributed by atoms with E-state index in [9.17, 15) is 9.59 Å². The molecule has 19 heavy (non-hydrogen) atoms. The van der Waals surface area contributed by atoms with Gasteiger partial charge in [0.15, 0.2) is 5.78 Å². The lowest BCUT2D eigenvalue weighted by atomic mass is 9.79. The molecule has 0 atom stereocenters. The number of ether oxygens (including phenoxy) is 1. The number of alkyl halides is 1. The van der Waals surface area contributed by atoms with Crippen molar-refractivity contribution in [2.45, 2.75) is 58.5 Å². The van der Waals surface area contributed by atoms with Crippen molar-refractivity contribution in [3.63, 3.8) is 0 Å². The molecule has 0 heterocycles. The molecule has 1 N–H and O–H groups in total. The van der Waals surface area contributed by atoms with E-state index in [0.717, 1.165) is 25.7 Å². The Bertz CT molecular complexity index is 310. The van der Waals surface area contributed by atoms with Crippen LogP contribution in [0.3, 0.4) is 0 Å². The summed E-state index contributed by atoms with van der Waals surface area (Å²) in [6, 6.07) is 0. The molecule has 4 nitrogen and oxygen atoms in total. The second-order valence-corrected chi connectivity index (χ2v) is 5.48. The van der Waals surface area contributed by atoms with Crippen molar-refractivity contribution < 1.29 is 14.3 Å². The number of halogens is 1. The number of ketones is 1. The summed E-state index contributed by atoms with van der Waals surface area (Å²) >= 11 is 5.65. The Kier molecular flexibility index (Phi) is 6.63. The standard InChI is InChI=1S/C14H24ClNO3/c1-3-14(4-2,12(17)9-15)10-16-13(18)19-11-7-5-6-8-11/h11H,3-10H2,1-2H3,(H,16,18). The average molecular weight is 290 g/mol. The average Bonchev–Trinajstić information content (AvgIpc) is 2.92. The van der Waals surface area contributed by atoms with E-state index in [-0.39, 0.29) is 17.8 Å². The third-order valence-corrected chi connectivity index (χ3v) is 4.46. The summed E-state index contributed by atoms with van der Waals surface area (Å²) in [5.41, 5.74) is -0.559. The van der Waals surface area contributed by atoms with E-state index >= 15 is 0 Å². The van der Waals surface area contributed by atoms with Gasteiger partial charge in [-0.2, -0.15) is 0 Å². The van der Waals surface area contributed by atoms with Gasteiger partial charge in [0, 0.05) is 12.0 Å². The van der Waals surface area contributed by atoms with Crippen LogP contribution in [0.4, 0.5) is 4.79 Å². The molecule has 110 valence electrons. The maximum atomic E-state index is 11.9. The lowest BCUT2D eigenvalue weighted by molar-refractivity contribution is -0.126. The van der Waals surface area contributed by atoms with Gasteiger partial charge in [0.2, 0.25) is 0 Å². The first-order valence-corrected chi connectivity index (χ1v) is 7.65. The van der Waals surface area contributed by atoms with Gasteiger partial charge in [-0.25, -0.2) is 4.79 Å². The molecule has 5 heteroatoms. The molecule has 1 amide bonds. The molecular weight excluding hydrogens is 266 g/mol. The highest BCUT2D eigenvalue weighted by Crippen LogP contribution is 2.27. The second kappa shape index (κ2) is 7.73. The highest BCUT2D eigenvalue weighted by Gasteiger charge is 2.34. The molecule has 0 unspecified atom stereocenters. The van der Waals surface area contributed by atoms with Crippen LogP contribution in [-0.4, -0.2) is 30.4 Å². The summed E-state index contributed by atoms with van der Waals surface area (Å²) in [5.74, 6) is -0.0264. The summed E-state index contributed by atoms with van der Waals surface area (Å²) in [4.78, 5) is 23.6. The fourth-order valence-electron chi connectivity index (χ4n) is 2.58. The zero-order valence-corrected chi connectivity index (χ0v) is 12.6. The summed E-state index contributed by atoms with van der Waals surface area (Å²) in [6.07, 6.45) is 5.09. The largest absolute Gasteiger partial charge is 0.446 e. The third kappa shape index (κ3) is 4.37. The van der Waals surface area contributed by atoms with Gasteiger partial charge in [-0.15, -0.1) is 11.6 Å². The Labute approximate surface area is 120 Å². The van der Waals surface area contributed by atoms with Crippen LogP contribution in [0.25, 0.3) is 0 Å². The van der Waals surface area contributed by atoms with Crippen molar-refractivity contribution in [1.82, 2.24) is 5.32 Å². The summed E-state index contributed by atoms with van der Waals surface area (Å²) in [7, 11) is 0. The molecule has 1 saturated carbocycles. The Morgan fingerprint density at radius 3 is 2.32 bits per heavy atom. The number of hydrogen-bond donors (Lipinski definition) is 1. The quantitative estimate of drug-likeness (QED) is 0.732. The number of carbonyl (C=O) groups excluding carboxylic acids is 2. The van der Waals surface area contributed by atoms with Crippen LogP contribution in [0.5, 0.6) is 0 Å². The number of nitrogens with one attached hydrogen (secondary N) is 1. The van der Waals surface area contributed by atoms with Gasteiger partial charge >= 0.3 is 6.09 Å². The topological polar surface area (TPSA) is 55.4 Å². The van der Waals surface area contributed by atoms with Crippen LogP contribution in [0.1, 0.15) is 52.4 Å². The second-order valence-electron chi connectivity index (χ2n) is 5.21. The van der Waals surface area contributed by atoms with Gasteiger partial charge in [0.05, 0.1) is 5.88 Å². The van der Waals surface area contributed by atoms with E-state index in [1.165, 1.54) is 0 Å². The Hall–Kier alpha value is -0.770. The fourth-order valence-corrected chi connectivity index (χ4v) is 2.86. The highest BCUT2D eigenvalue weighted by molar-refractivity contribution is 6.28. The Balaban J connectivity index is 2.46. The fraction of sp³-hybridized carbons (Fsp3) is 0.857. The number of rotatable bonds is 7. The SMILES string of the molecule is CCC(CC)(CNC(=O)OC1CCCC1)C(=O)CCl. The van der Waals surface area contributed by atoms with Gasteiger partial charge < -0.3 is 10.1 Å². The van der Waals surface area contributed by atoms with Crippen molar-refractivity contribution in [3.05, 3.63) is 0 Å². The zero-order chi connectivity index (χ0) is 14.3. The number of hydrogen-bond acceptors (Lipinski definition) is 3. The molecular formula is C14H24ClNO3. The van der Waals surface area contributed by atoms with Crippen LogP contribution >= 0.6 is 11.6 Å². The molecule has 0 saturated heterocycles. The molecule has 0 bridgehead atoms. The van der Waals surface area contributed by atoms with Gasteiger partial charge in [-0.05, 0) is 38.5 Å². The number of alkyl carbamates (subject to hydrolysis) is 1. The van der Waals surface area contributed by atoms with E-state index in [1.54, 1.807) is 0 Å². The molecule has 1 rings (SSSR count). The minimum Gasteiger partial charge on any atom is -0.446 e. The van der Waals surface area contributed by atoms with Gasteiger partial charge in [-0.3, -0.25) is 4.79 Å². The van der Waals surface area contributed by atoms with Crippen LogP contribution in [0.2, 0.25) is 0 Å².